The van der Waals surface area contributed by atoms with Crippen molar-refractivity contribution in [2.45, 2.75) is 20.4 Å². The van der Waals surface area contributed by atoms with Gasteiger partial charge in [-0.25, -0.2) is 4.79 Å². The number of methoxy groups -OCH3 is 1. The molecule has 8 nitrogen and oxygen atoms in total. The molecule has 0 amide bonds. The van der Waals surface area contributed by atoms with Crippen LogP contribution in [-0.4, -0.2) is 48.6 Å². The molecule has 0 radical (unpaired) electrons. The Kier molecular flexibility index (Phi) is 7.02. The molecule has 0 saturated carbocycles. The largest absolute Gasteiger partial charge is 0.497 e. The Labute approximate surface area is 151 Å². The molecule has 0 fully saturated rings. The van der Waals surface area contributed by atoms with Crippen LogP contribution in [-0.2, 0) is 25.6 Å². The average Bonchev–Trinajstić information content (AvgIpc) is 3.08. The van der Waals surface area contributed by atoms with Crippen LogP contribution in [0.25, 0.3) is 11.3 Å². The van der Waals surface area contributed by atoms with Gasteiger partial charge in [0.2, 0.25) is 0 Å². The molecule has 140 valence electrons. The predicted octanol–water partition coefficient (Wildman–Crippen LogP) is 2.06. The Morgan fingerprint density at radius 1 is 1.08 bits per heavy atom. The third-order valence-corrected chi connectivity index (χ3v) is 3.35. The Hall–Kier alpha value is -3.03. The lowest BCUT2D eigenvalue weighted by Gasteiger charge is -2.11. The van der Waals surface area contributed by atoms with Gasteiger partial charge in [-0.3, -0.25) is 9.48 Å². The molecule has 0 aliphatic carbocycles. The Bertz CT molecular complexity index is 756. The van der Waals surface area contributed by atoms with Gasteiger partial charge in [0.15, 0.2) is 6.61 Å². The zero-order chi connectivity index (χ0) is 18.9. The van der Waals surface area contributed by atoms with E-state index in [4.69, 9.17) is 18.9 Å². The van der Waals surface area contributed by atoms with E-state index in [2.05, 4.69) is 5.10 Å². The second-order valence-electron chi connectivity index (χ2n) is 5.16. The molecule has 0 atom stereocenters. The third kappa shape index (κ3) is 5.23. The molecule has 2 rings (SSSR count). The number of hydrogen-bond acceptors (Lipinski definition) is 7. The average molecular weight is 362 g/mol. The van der Waals surface area contributed by atoms with Gasteiger partial charge < -0.3 is 18.9 Å². The van der Waals surface area contributed by atoms with E-state index in [-0.39, 0.29) is 25.7 Å². The van der Waals surface area contributed by atoms with Crippen molar-refractivity contribution in [3.05, 3.63) is 30.5 Å². The first kappa shape index (κ1) is 19.3. The minimum Gasteiger partial charge on any atom is -0.497 e. The Morgan fingerprint density at radius 2 is 1.81 bits per heavy atom. The van der Waals surface area contributed by atoms with Crippen molar-refractivity contribution in [1.82, 2.24) is 9.78 Å². The van der Waals surface area contributed by atoms with Gasteiger partial charge in [-0.2, -0.15) is 5.10 Å². The molecular formula is C18H22N2O6. The SMILES string of the molecule is CCOC(=O)COc1cc(OC)ccc1-c1ccn(CC(=O)OCC)n1. The van der Waals surface area contributed by atoms with Gasteiger partial charge >= 0.3 is 11.9 Å². The van der Waals surface area contributed by atoms with Crippen LogP contribution in [0.15, 0.2) is 30.5 Å². The topological polar surface area (TPSA) is 88.9 Å². The lowest BCUT2D eigenvalue weighted by Crippen LogP contribution is -2.15. The smallest absolute Gasteiger partial charge is 0.344 e. The molecule has 0 aliphatic heterocycles. The van der Waals surface area contributed by atoms with Crippen LogP contribution in [0.1, 0.15) is 13.8 Å². The molecule has 0 N–H and O–H groups in total. The number of benzene rings is 1. The zero-order valence-electron chi connectivity index (χ0n) is 15.1. The van der Waals surface area contributed by atoms with Crippen LogP contribution in [0.4, 0.5) is 0 Å². The maximum absolute atomic E-state index is 11.6. The Morgan fingerprint density at radius 3 is 2.50 bits per heavy atom. The van der Waals surface area contributed by atoms with Crippen LogP contribution < -0.4 is 9.47 Å². The summed E-state index contributed by atoms with van der Waals surface area (Å²) in [4.78, 5) is 23.1. The summed E-state index contributed by atoms with van der Waals surface area (Å²) in [5.41, 5.74) is 1.26. The first-order chi connectivity index (χ1) is 12.6. The van der Waals surface area contributed by atoms with Crippen molar-refractivity contribution in [2.24, 2.45) is 0 Å². The van der Waals surface area contributed by atoms with Gasteiger partial charge in [-0.15, -0.1) is 0 Å². The molecule has 1 aromatic carbocycles. The van der Waals surface area contributed by atoms with Gasteiger partial charge in [-0.1, -0.05) is 0 Å². The highest BCUT2D eigenvalue weighted by atomic mass is 16.6. The number of nitrogens with zero attached hydrogens (tertiary/aromatic N) is 2. The zero-order valence-corrected chi connectivity index (χ0v) is 15.1. The fraction of sp³-hybridized carbons (Fsp3) is 0.389. The number of ether oxygens (including phenoxy) is 4. The summed E-state index contributed by atoms with van der Waals surface area (Å²) in [5, 5.41) is 4.36. The van der Waals surface area contributed by atoms with E-state index in [1.54, 1.807) is 44.3 Å². The van der Waals surface area contributed by atoms with E-state index in [0.29, 0.717) is 29.4 Å². The number of hydrogen-bond donors (Lipinski definition) is 0. The number of rotatable bonds is 9. The van der Waals surface area contributed by atoms with Crippen molar-refractivity contribution < 1.29 is 28.5 Å². The van der Waals surface area contributed by atoms with Gasteiger partial charge in [0.05, 0.1) is 26.0 Å². The minimum absolute atomic E-state index is 0.0169. The van der Waals surface area contributed by atoms with Gasteiger partial charge in [0.25, 0.3) is 0 Å². The second kappa shape index (κ2) is 9.45. The third-order valence-electron chi connectivity index (χ3n) is 3.35. The summed E-state index contributed by atoms with van der Waals surface area (Å²) in [7, 11) is 1.54. The maximum atomic E-state index is 11.6. The van der Waals surface area contributed by atoms with Crippen LogP contribution in [0.3, 0.4) is 0 Å². The highest BCUT2D eigenvalue weighted by Gasteiger charge is 2.14. The molecule has 26 heavy (non-hydrogen) atoms. The summed E-state index contributed by atoms with van der Waals surface area (Å²) < 4.78 is 22.0. The molecule has 0 spiro atoms. The summed E-state index contributed by atoms with van der Waals surface area (Å²) >= 11 is 0. The highest BCUT2D eigenvalue weighted by molar-refractivity contribution is 5.73. The standard InChI is InChI=1S/C18H22N2O6/c1-4-24-17(21)11-20-9-8-15(19-20)14-7-6-13(23-3)10-16(14)26-12-18(22)25-5-2/h6-10H,4-5,11-12H2,1-3H3. The second-order valence-corrected chi connectivity index (χ2v) is 5.16. The number of carbonyl (C=O) groups is 2. The van der Waals surface area contributed by atoms with E-state index in [1.165, 1.54) is 11.8 Å². The van der Waals surface area contributed by atoms with E-state index in [1.807, 2.05) is 0 Å². The van der Waals surface area contributed by atoms with E-state index in [0.717, 1.165) is 0 Å². The fourth-order valence-electron chi connectivity index (χ4n) is 2.23. The molecule has 0 aliphatic rings. The molecule has 0 unspecified atom stereocenters. The summed E-state index contributed by atoms with van der Waals surface area (Å²) in [6.45, 7) is 3.87. The molecular weight excluding hydrogens is 340 g/mol. The van der Waals surface area contributed by atoms with Gasteiger partial charge in [0.1, 0.15) is 18.0 Å². The fourth-order valence-corrected chi connectivity index (χ4v) is 2.23. The van der Waals surface area contributed by atoms with Crippen molar-refractivity contribution >= 4 is 11.9 Å². The highest BCUT2D eigenvalue weighted by Crippen LogP contribution is 2.32. The summed E-state index contributed by atoms with van der Waals surface area (Å²) in [6, 6.07) is 6.95. The number of esters is 2. The molecule has 1 heterocycles. The molecule has 8 heteroatoms. The quantitative estimate of drug-likeness (QED) is 0.631. The van der Waals surface area contributed by atoms with Crippen LogP contribution in [0, 0.1) is 0 Å². The minimum atomic E-state index is -0.464. The normalized spacial score (nSPS) is 10.3. The predicted molar refractivity (Wildman–Crippen MR) is 93.0 cm³/mol. The summed E-state index contributed by atoms with van der Waals surface area (Å²) in [5.74, 6) is 0.183. The van der Waals surface area contributed by atoms with Crippen molar-refractivity contribution in [3.8, 4) is 22.8 Å². The van der Waals surface area contributed by atoms with Crippen molar-refractivity contribution in [3.63, 3.8) is 0 Å². The Balaban J connectivity index is 2.20. The van der Waals surface area contributed by atoms with Gasteiger partial charge in [0, 0.05) is 17.8 Å². The van der Waals surface area contributed by atoms with Crippen molar-refractivity contribution in [1.29, 1.82) is 0 Å². The van der Waals surface area contributed by atoms with E-state index < -0.39 is 5.97 Å². The van der Waals surface area contributed by atoms with E-state index in [9.17, 15) is 9.59 Å². The van der Waals surface area contributed by atoms with Gasteiger partial charge in [-0.05, 0) is 32.0 Å². The molecule has 0 saturated heterocycles. The first-order valence-electron chi connectivity index (χ1n) is 8.23. The molecule has 0 bridgehead atoms. The molecule has 1 aromatic heterocycles. The maximum Gasteiger partial charge on any atom is 0.344 e. The van der Waals surface area contributed by atoms with Crippen LogP contribution >= 0.6 is 0 Å². The monoisotopic (exact) mass is 362 g/mol. The lowest BCUT2D eigenvalue weighted by atomic mass is 10.1. The number of aromatic nitrogens is 2. The number of carbonyl (C=O) groups excluding carboxylic acids is 2. The lowest BCUT2D eigenvalue weighted by molar-refractivity contribution is -0.145. The molecule has 2 aromatic rings. The first-order valence-corrected chi connectivity index (χ1v) is 8.23. The van der Waals surface area contributed by atoms with Crippen LogP contribution in [0.2, 0.25) is 0 Å². The van der Waals surface area contributed by atoms with Crippen LogP contribution in [0.5, 0.6) is 11.5 Å². The van der Waals surface area contributed by atoms with E-state index >= 15 is 0 Å². The van der Waals surface area contributed by atoms with Crippen molar-refractivity contribution in [2.75, 3.05) is 26.9 Å². The summed E-state index contributed by atoms with van der Waals surface area (Å²) in [6.07, 6.45) is 1.67.